The number of fused-ring (bicyclic) bond motifs is 14. The van der Waals surface area contributed by atoms with Gasteiger partial charge in [-0.25, -0.2) is 19.9 Å². The van der Waals surface area contributed by atoms with Crippen LogP contribution in [0.4, 0.5) is 0 Å². The van der Waals surface area contributed by atoms with Gasteiger partial charge in [-0.3, -0.25) is 9.13 Å². The Labute approximate surface area is 595 Å². The van der Waals surface area contributed by atoms with Gasteiger partial charge in [0.05, 0.1) is 66.4 Å². The van der Waals surface area contributed by atoms with Crippen LogP contribution in [0.3, 0.4) is 0 Å². The summed E-state index contributed by atoms with van der Waals surface area (Å²) in [6, 6.07) is 122. The predicted molar refractivity (Wildman–Crippen MR) is 431 cm³/mol. The molecule has 0 saturated carbocycles. The summed E-state index contributed by atoms with van der Waals surface area (Å²) in [4.78, 5) is 21.7. The lowest BCUT2D eigenvalue weighted by atomic mass is 9.93. The van der Waals surface area contributed by atoms with Gasteiger partial charge < -0.3 is 9.13 Å². The Morgan fingerprint density at radius 3 is 1.12 bits per heavy atom. The zero-order chi connectivity index (χ0) is 67.8. The molecule has 0 unspecified atom stereocenters. The van der Waals surface area contributed by atoms with Gasteiger partial charge in [-0.1, -0.05) is 249 Å². The molecule has 6 aromatic heterocycles. The van der Waals surface area contributed by atoms with E-state index in [-0.39, 0.29) is 0 Å². The van der Waals surface area contributed by atoms with Crippen LogP contribution in [0.25, 0.3) is 221 Å². The summed E-state index contributed by atoms with van der Waals surface area (Å²) < 4.78 is 9.38. The molecular weight excluding hydrogens is 1270 g/mol. The second-order valence-electron chi connectivity index (χ2n) is 27.5. The van der Waals surface area contributed by atoms with Crippen molar-refractivity contribution in [3.63, 3.8) is 0 Å². The third-order valence-electron chi connectivity index (χ3n) is 22.1. The molecule has 0 amide bonds. The van der Waals surface area contributed by atoms with E-state index in [1.165, 1.54) is 120 Å². The van der Waals surface area contributed by atoms with E-state index in [2.05, 4.69) is 346 Å². The molecule has 104 heavy (non-hydrogen) atoms. The number of hydrogen-bond acceptors (Lipinski definition) is 4. The standard InChI is InChI=1S/2C48H28N4/c1-2-13-31(14-3-1)51-40-22-9-6-17-34(40)35-26-24-30(28-43(35)51)47-48(50-39-21-8-7-20-38(39)49-47)52-41-23-11-19-37-33-16-5-4-15-32(33)36-18-10-12-29-25-27-42(52)46(44(29)36)45(37)41;1-2-13-31(14-3-1)51-40-22-9-7-17-34(40)35-26-24-30(28-43(35)51)47-38-18-6-8-21-39(38)49-48(50-47)52-41-23-11-20-37-33-16-5-4-15-32(33)36-19-10-12-29-25-27-42(52)46(44(29)36)45(37)41/h2*1-28H. The molecule has 0 spiro atoms. The molecular formula is C96H56N8. The fourth-order valence-electron chi connectivity index (χ4n) is 17.8. The van der Waals surface area contributed by atoms with Crippen molar-refractivity contribution >= 4 is 131 Å². The Morgan fingerprint density at radius 2 is 0.577 bits per heavy atom. The third kappa shape index (κ3) is 8.01. The lowest BCUT2D eigenvalue weighted by Gasteiger charge is -2.16. The molecule has 0 bridgehead atoms. The molecule has 2 aliphatic carbocycles. The van der Waals surface area contributed by atoms with Crippen LogP contribution in [0.5, 0.6) is 0 Å². The first-order valence-electron chi connectivity index (χ1n) is 35.5. The predicted octanol–water partition coefficient (Wildman–Crippen LogP) is 24.6. The number of rotatable bonds is 6. The fourth-order valence-corrected chi connectivity index (χ4v) is 17.8. The second kappa shape index (κ2) is 21.7. The van der Waals surface area contributed by atoms with E-state index in [0.29, 0.717) is 5.95 Å². The van der Waals surface area contributed by atoms with Gasteiger partial charge in [-0.15, -0.1) is 0 Å². The van der Waals surface area contributed by atoms with Crippen LogP contribution in [0, 0.1) is 0 Å². The van der Waals surface area contributed by atoms with Crippen molar-refractivity contribution in [3.8, 4) is 90.2 Å². The van der Waals surface area contributed by atoms with E-state index in [0.717, 1.165) is 94.7 Å². The topological polar surface area (TPSA) is 71.3 Å². The summed E-state index contributed by atoms with van der Waals surface area (Å²) >= 11 is 0. The SMILES string of the molecule is c1ccc(-n2c3ccccc3c3ccc(-c4nc(-n5c6cccc7c6c6c8c(cccc8ccc65)-c5ccccc5-7)nc5ccccc45)cc32)cc1.c1ccc(-n2c3ccccc3c3ccc(-c4nc5ccccc5nc4-n4c5cccc6c5c5c7c(cccc7ccc54)-c4ccccc4-6)cc32)cc1. The van der Waals surface area contributed by atoms with Crippen molar-refractivity contribution in [2.24, 2.45) is 0 Å². The number of benzene rings is 16. The Hall–Kier alpha value is -14.1. The van der Waals surface area contributed by atoms with E-state index in [1.807, 2.05) is 12.1 Å². The highest BCUT2D eigenvalue weighted by Gasteiger charge is 2.30. The summed E-state index contributed by atoms with van der Waals surface area (Å²) in [7, 11) is 0. The Kier molecular flexibility index (Phi) is 11.9. The lowest BCUT2D eigenvalue weighted by Crippen LogP contribution is -2.04. The van der Waals surface area contributed by atoms with Gasteiger partial charge in [0.25, 0.3) is 0 Å². The summed E-state index contributed by atoms with van der Waals surface area (Å²) in [5.41, 5.74) is 27.9. The second-order valence-corrected chi connectivity index (χ2v) is 27.5. The van der Waals surface area contributed by atoms with Crippen molar-refractivity contribution < 1.29 is 0 Å². The molecule has 0 radical (unpaired) electrons. The zero-order valence-corrected chi connectivity index (χ0v) is 55.9. The quantitative estimate of drug-likeness (QED) is 0.166. The molecule has 8 heteroatoms. The molecule has 24 rings (SSSR count). The number of aromatic nitrogens is 8. The minimum Gasteiger partial charge on any atom is -0.309 e. The van der Waals surface area contributed by atoms with E-state index in [4.69, 9.17) is 19.9 Å². The fraction of sp³-hybridized carbons (Fsp3) is 0. The van der Waals surface area contributed by atoms with Crippen molar-refractivity contribution in [3.05, 3.63) is 340 Å². The first-order valence-corrected chi connectivity index (χ1v) is 35.5. The molecule has 480 valence electrons. The van der Waals surface area contributed by atoms with E-state index < -0.39 is 0 Å². The van der Waals surface area contributed by atoms with Crippen molar-refractivity contribution in [2.75, 3.05) is 0 Å². The monoisotopic (exact) mass is 1320 g/mol. The van der Waals surface area contributed by atoms with Gasteiger partial charge in [-0.2, -0.15) is 0 Å². The molecule has 22 aromatic rings. The molecule has 0 atom stereocenters. The van der Waals surface area contributed by atoms with Crippen LogP contribution in [-0.2, 0) is 0 Å². The maximum absolute atomic E-state index is 5.51. The summed E-state index contributed by atoms with van der Waals surface area (Å²) in [6.45, 7) is 0. The van der Waals surface area contributed by atoms with E-state index >= 15 is 0 Å². The van der Waals surface area contributed by atoms with Crippen molar-refractivity contribution in [2.45, 2.75) is 0 Å². The molecule has 16 aromatic carbocycles. The Balaban J connectivity index is 0.000000127. The third-order valence-corrected chi connectivity index (χ3v) is 22.1. The minimum atomic E-state index is 0.667. The van der Waals surface area contributed by atoms with Crippen molar-refractivity contribution in [1.29, 1.82) is 0 Å². The van der Waals surface area contributed by atoms with Crippen LogP contribution in [0.1, 0.15) is 0 Å². The molecule has 0 N–H and O–H groups in total. The van der Waals surface area contributed by atoms with Crippen molar-refractivity contribution in [1.82, 2.24) is 38.2 Å². The maximum Gasteiger partial charge on any atom is 0.235 e. The number of nitrogens with zero attached hydrogens (tertiary/aromatic N) is 8. The normalized spacial score (nSPS) is 12.2. The van der Waals surface area contributed by atoms with Gasteiger partial charge in [0, 0.05) is 71.0 Å². The molecule has 0 saturated heterocycles. The molecule has 6 heterocycles. The maximum atomic E-state index is 5.51. The highest BCUT2D eigenvalue weighted by Crippen LogP contribution is 2.53. The average molecular weight is 1320 g/mol. The van der Waals surface area contributed by atoms with Gasteiger partial charge in [0.2, 0.25) is 5.95 Å². The first-order chi connectivity index (χ1) is 51.6. The number of para-hydroxylation sites is 7. The average Bonchev–Trinajstić information content (AvgIpc) is 1.54. The van der Waals surface area contributed by atoms with E-state index in [9.17, 15) is 0 Å². The van der Waals surface area contributed by atoms with Crippen LogP contribution >= 0.6 is 0 Å². The zero-order valence-electron chi connectivity index (χ0n) is 55.9. The van der Waals surface area contributed by atoms with Crippen LogP contribution in [0.2, 0.25) is 0 Å². The summed E-state index contributed by atoms with van der Waals surface area (Å²) in [5, 5.41) is 15.9. The number of hydrogen-bond donors (Lipinski definition) is 0. The van der Waals surface area contributed by atoms with Gasteiger partial charge in [0.1, 0.15) is 5.69 Å². The van der Waals surface area contributed by atoms with Crippen LogP contribution in [-0.4, -0.2) is 38.2 Å². The highest BCUT2D eigenvalue weighted by molar-refractivity contribution is 6.32. The summed E-state index contributed by atoms with van der Waals surface area (Å²) in [6.07, 6.45) is 0. The molecule has 0 aliphatic heterocycles. The molecule has 2 aliphatic rings. The van der Waals surface area contributed by atoms with E-state index in [1.54, 1.807) is 0 Å². The first kappa shape index (κ1) is 56.8. The van der Waals surface area contributed by atoms with Crippen LogP contribution < -0.4 is 0 Å². The highest BCUT2D eigenvalue weighted by atomic mass is 15.2. The van der Waals surface area contributed by atoms with Gasteiger partial charge in [-0.05, 0) is 157 Å². The summed E-state index contributed by atoms with van der Waals surface area (Å²) in [5.74, 6) is 1.49. The smallest absolute Gasteiger partial charge is 0.235 e. The lowest BCUT2D eigenvalue weighted by molar-refractivity contribution is 1.01. The molecule has 8 nitrogen and oxygen atoms in total. The molecule has 0 fully saturated rings. The largest absolute Gasteiger partial charge is 0.309 e. The van der Waals surface area contributed by atoms with Crippen LogP contribution in [0.15, 0.2) is 340 Å². The Bertz CT molecular complexity index is 7480. The van der Waals surface area contributed by atoms with Gasteiger partial charge in [0.15, 0.2) is 5.82 Å². The minimum absolute atomic E-state index is 0.667. The Morgan fingerprint density at radius 1 is 0.192 bits per heavy atom. The van der Waals surface area contributed by atoms with Gasteiger partial charge >= 0.3 is 0 Å².